The summed E-state index contributed by atoms with van der Waals surface area (Å²) in [6, 6.07) is 18.0. The maximum atomic E-state index is 12.4. The third-order valence-corrected chi connectivity index (χ3v) is 4.10. The van der Waals surface area contributed by atoms with Gasteiger partial charge in [-0.25, -0.2) is 4.68 Å². The number of nitrogens with zero attached hydrogens (tertiary/aromatic N) is 2. The summed E-state index contributed by atoms with van der Waals surface area (Å²) < 4.78 is 1.70. The Kier molecular flexibility index (Phi) is 4.75. The van der Waals surface area contributed by atoms with E-state index in [0.29, 0.717) is 5.56 Å². The number of nitrogens with one attached hydrogen (secondary N) is 1. The van der Waals surface area contributed by atoms with E-state index < -0.39 is 0 Å². The van der Waals surface area contributed by atoms with Crippen molar-refractivity contribution in [3.05, 3.63) is 83.7 Å². The minimum atomic E-state index is -0.121. The maximum Gasteiger partial charge on any atom is 0.254 e. The molecule has 0 aliphatic heterocycles. The lowest BCUT2D eigenvalue weighted by atomic mass is 10.0. The molecule has 0 saturated heterocycles. The summed E-state index contributed by atoms with van der Waals surface area (Å²) >= 11 is 0. The van der Waals surface area contributed by atoms with Crippen LogP contribution in [0.15, 0.2) is 67.0 Å². The highest BCUT2D eigenvalue weighted by Crippen LogP contribution is 2.15. The molecule has 0 saturated carbocycles. The molecular formula is C20H21N3O. The number of carbonyl (C=O) groups excluding carboxylic acids is 1. The monoisotopic (exact) mass is 319 g/mol. The summed E-state index contributed by atoms with van der Waals surface area (Å²) in [4.78, 5) is 12.4. The van der Waals surface area contributed by atoms with Gasteiger partial charge in [-0.3, -0.25) is 4.79 Å². The Morgan fingerprint density at radius 2 is 1.83 bits per heavy atom. The first-order valence-electron chi connectivity index (χ1n) is 8.17. The fourth-order valence-corrected chi connectivity index (χ4v) is 2.57. The fourth-order valence-electron chi connectivity index (χ4n) is 2.57. The van der Waals surface area contributed by atoms with Gasteiger partial charge in [0.05, 0.1) is 23.5 Å². The van der Waals surface area contributed by atoms with Crippen molar-refractivity contribution in [2.75, 3.05) is 0 Å². The number of carbonyl (C=O) groups is 1. The summed E-state index contributed by atoms with van der Waals surface area (Å²) in [6.07, 6.45) is 4.35. The molecule has 0 radical (unpaired) electrons. The first kappa shape index (κ1) is 16.0. The van der Waals surface area contributed by atoms with Gasteiger partial charge in [0, 0.05) is 6.20 Å². The molecule has 1 unspecified atom stereocenters. The average Bonchev–Trinajstić information content (AvgIpc) is 3.13. The molecule has 4 nitrogen and oxygen atoms in total. The van der Waals surface area contributed by atoms with Gasteiger partial charge >= 0.3 is 0 Å². The Labute approximate surface area is 142 Å². The quantitative estimate of drug-likeness (QED) is 0.774. The van der Waals surface area contributed by atoms with Crippen LogP contribution in [0.1, 0.15) is 41.4 Å². The highest BCUT2D eigenvalue weighted by molar-refractivity contribution is 5.94. The Hall–Kier alpha value is -2.88. The van der Waals surface area contributed by atoms with Gasteiger partial charge in [0.15, 0.2) is 0 Å². The number of hydrogen-bond acceptors (Lipinski definition) is 2. The molecule has 4 heteroatoms. The lowest BCUT2D eigenvalue weighted by molar-refractivity contribution is 0.0940. The molecule has 3 rings (SSSR count). The molecule has 0 aliphatic carbocycles. The van der Waals surface area contributed by atoms with Gasteiger partial charge in [-0.1, -0.05) is 49.4 Å². The number of aryl methyl sites for hydroxylation is 1. The van der Waals surface area contributed by atoms with Crippen LogP contribution in [0.5, 0.6) is 0 Å². The zero-order valence-corrected chi connectivity index (χ0v) is 13.9. The van der Waals surface area contributed by atoms with Crippen LogP contribution in [0.2, 0.25) is 0 Å². The van der Waals surface area contributed by atoms with E-state index >= 15 is 0 Å². The van der Waals surface area contributed by atoms with Gasteiger partial charge in [0.25, 0.3) is 5.91 Å². The Bertz CT molecular complexity index is 806. The smallest absolute Gasteiger partial charge is 0.254 e. The van der Waals surface area contributed by atoms with E-state index in [1.807, 2.05) is 37.3 Å². The predicted octanol–water partition coefficient (Wildman–Crippen LogP) is 3.93. The van der Waals surface area contributed by atoms with Crippen LogP contribution in [0, 0.1) is 0 Å². The van der Waals surface area contributed by atoms with E-state index in [4.69, 9.17) is 0 Å². The average molecular weight is 319 g/mol. The maximum absolute atomic E-state index is 12.4. The summed E-state index contributed by atoms with van der Waals surface area (Å²) in [5.74, 6) is -0.121. The van der Waals surface area contributed by atoms with Crippen molar-refractivity contribution < 1.29 is 4.79 Å². The fraction of sp³-hybridized carbons (Fsp3) is 0.200. The van der Waals surface area contributed by atoms with Crippen molar-refractivity contribution >= 4 is 5.91 Å². The molecule has 1 N–H and O–H groups in total. The third-order valence-electron chi connectivity index (χ3n) is 4.10. The zero-order valence-electron chi connectivity index (χ0n) is 13.9. The van der Waals surface area contributed by atoms with Crippen LogP contribution >= 0.6 is 0 Å². The summed E-state index contributed by atoms with van der Waals surface area (Å²) in [5, 5.41) is 7.29. The molecule has 122 valence electrons. The minimum Gasteiger partial charge on any atom is -0.345 e. The SMILES string of the molecule is CCc1ccc(C(C)NC(=O)c2cnn(-c3ccccc3)c2)cc1. The summed E-state index contributed by atoms with van der Waals surface area (Å²) in [7, 11) is 0. The van der Waals surface area contributed by atoms with E-state index in [1.165, 1.54) is 5.56 Å². The molecule has 1 aromatic heterocycles. The van der Waals surface area contributed by atoms with Crippen LogP contribution in [0.3, 0.4) is 0 Å². The van der Waals surface area contributed by atoms with Crippen LogP contribution in [-0.4, -0.2) is 15.7 Å². The molecule has 1 atom stereocenters. The van der Waals surface area contributed by atoms with E-state index in [2.05, 4.69) is 41.6 Å². The molecule has 0 bridgehead atoms. The van der Waals surface area contributed by atoms with Crippen LogP contribution < -0.4 is 5.32 Å². The molecule has 3 aromatic rings. The van der Waals surface area contributed by atoms with Gasteiger partial charge in [-0.2, -0.15) is 5.10 Å². The third kappa shape index (κ3) is 3.54. The highest BCUT2D eigenvalue weighted by atomic mass is 16.1. The zero-order chi connectivity index (χ0) is 16.9. The minimum absolute atomic E-state index is 0.0523. The summed E-state index contributed by atoms with van der Waals surface area (Å²) in [5.41, 5.74) is 3.87. The van der Waals surface area contributed by atoms with Crippen molar-refractivity contribution in [3.63, 3.8) is 0 Å². The second-order valence-corrected chi connectivity index (χ2v) is 5.80. The number of aromatic nitrogens is 2. The number of rotatable bonds is 5. The summed E-state index contributed by atoms with van der Waals surface area (Å²) in [6.45, 7) is 4.12. The molecule has 2 aromatic carbocycles. The van der Waals surface area contributed by atoms with Crippen molar-refractivity contribution in [3.8, 4) is 5.69 Å². The van der Waals surface area contributed by atoms with Gasteiger partial charge in [0.2, 0.25) is 0 Å². The highest BCUT2D eigenvalue weighted by Gasteiger charge is 2.13. The van der Waals surface area contributed by atoms with E-state index in [0.717, 1.165) is 17.7 Å². The lowest BCUT2D eigenvalue weighted by Crippen LogP contribution is -2.26. The van der Waals surface area contributed by atoms with E-state index in [9.17, 15) is 4.79 Å². The second kappa shape index (κ2) is 7.13. The van der Waals surface area contributed by atoms with Crippen molar-refractivity contribution in [2.24, 2.45) is 0 Å². The number of hydrogen-bond donors (Lipinski definition) is 1. The van der Waals surface area contributed by atoms with Crippen LogP contribution in [0.4, 0.5) is 0 Å². The normalized spacial score (nSPS) is 11.9. The molecule has 1 amide bonds. The number of para-hydroxylation sites is 1. The lowest BCUT2D eigenvalue weighted by Gasteiger charge is -2.14. The van der Waals surface area contributed by atoms with Crippen molar-refractivity contribution in [1.82, 2.24) is 15.1 Å². The first-order chi connectivity index (χ1) is 11.7. The Morgan fingerprint density at radius 1 is 1.12 bits per heavy atom. The molecule has 0 spiro atoms. The predicted molar refractivity (Wildman–Crippen MR) is 95.3 cm³/mol. The van der Waals surface area contributed by atoms with Gasteiger partial charge in [-0.15, -0.1) is 0 Å². The van der Waals surface area contributed by atoms with Crippen molar-refractivity contribution in [1.29, 1.82) is 0 Å². The van der Waals surface area contributed by atoms with Crippen molar-refractivity contribution in [2.45, 2.75) is 26.3 Å². The van der Waals surface area contributed by atoms with Crippen LogP contribution in [-0.2, 0) is 6.42 Å². The van der Waals surface area contributed by atoms with Gasteiger partial charge in [0.1, 0.15) is 0 Å². The number of benzene rings is 2. The topological polar surface area (TPSA) is 46.9 Å². The van der Waals surface area contributed by atoms with E-state index in [1.54, 1.807) is 17.1 Å². The molecule has 0 fully saturated rings. The second-order valence-electron chi connectivity index (χ2n) is 5.80. The largest absolute Gasteiger partial charge is 0.345 e. The Balaban J connectivity index is 1.69. The van der Waals surface area contributed by atoms with E-state index in [-0.39, 0.29) is 11.9 Å². The molecule has 1 heterocycles. The number of amides is 1. The Morgan fingerprint density at radius 3 is 2.50 bits per heavy atom. The first-order valence-corrected chi connectivity index (χ1v) is 8.17. The van der Waals surface area contributed by atoms with Crippen LogP contribution in [0.25, 0.3) is 5.69 Å². The van der Waals surface area contributed by atoms with Gasteiger partial charge in [-0.05, 0) is 36.6 Å². The molecule has 0 aliphatic rings. The molecule has 24 heavy (non-hydrogen) atoms. The standard InChI is InChI=1S/C20H21N3O/c1-3-16-9-11-17(12-10-16)15(2)22-20(24)18-13-21-23(14-18)19-7-5-4-6-8-19/h4-15H,3H2,1-2H3,(H,22,24). The van der Waals surface area contributed by atoms with Gasteiger partial charge < -0.3 is 5.32 Å². The molecular weight excluding hydrogens is 298 g/mol.